The van der Waals surface area contributed by atoms with Crippen molar-refractivity contribution in [2.24, 2.45) is 0 Å². The predicted octanol–water partition coefficient (Wildman–Crippen LogP) is 3.04. The van der Waals surface area contributed by atoms with Gasteiger partial charge >= 0.3 is 0 Å². The summed E-state index contributed by atoms with van der Waals surface area (Å²) in [5, 5.41) is -0.462. The van der Waals surface area contributed by atoms with E-state index in [1.165, 1.54) is 5.56 Å². The molecule has 0 amide bonds. The molecule has 0 aliphatic rings. The molecule has 0 radical (unpaired) electrons. The molecule has 0 fully saturated rings. The summed E-state index contributed by atoms with van der Waals surface area (Å²) in [6.07, 6.45) is 2.56. The third-order valence-electron chi connectivity index (χ3n) is 3.33. The quantitative estimate of drug-likeness (QED) is 0.722. The molecule has 0 aliphatic carbocycles. The van der Waals surface area contributed by atoms with E-state index in [-0.39, 0.29) is 5.78 Å². The van der Waals surface area contributed by atoms with Gasteiger partial charge in [0.15, 0.2) is 15.6 Å². The van der Waals surface area contributed by atoms with Gasteiger partial charge in [0.2, 0.25) is 0 Å². The molecule has 0 bridgehead atoms. The number of Topliss-reactive ketones (excluding diaryl/α,β-unsaturated/α-hetero) is 1. The highest BCUT2D eigenvalue weighted by Crippen LogP contribution is 2.11. The zero-order chi connectivity index (χ0) is 14.5. The lowest BCUT2D eigenvalue weighted by Gasteiger charge is -2.10. The second kappa shape index (κ2) is 6.85. The SMILES string of the molecule is CCCc1ccc(C(=O)CS(=O)(=O)C(C)CC)cc1. The van der Waals surface area contributed by atoms with Crippen molar-refractivity contribution in [1.29, 1.82) is 0 Å². The fourth-order valence-electron chi connectivity index (χ4n) is 1.81. The molecule has 4 heteroatoms. The summed E-state index contributed by atoms with van der Waals surface area (Å²) in [6, 6.07) is 7.23. The number of aryl methyl sites for hydroxylation is 1. The van der Waals surface area contributed by atoms with E-state index in [1.807, 2.05) is 19.1 Å². The number of hydrogen-bond donors (Lipinski definition) is 0. The summed E-state index contributed by atoms with van der Waals surface area (Å²) in [6.45, 7) is 5.55. The Balaban J connectivity index is 2.79. The summed E-state index contributed by atoms with van der Waals surface area (Å²) in [5.41, 5.74) is 1.65. The Bertz CT molecular complexity index is 515. The minimum Gasteiger partial charge on any atom is -0.293 e. The van der Waals surface area contributed by atoms with E-state index in [2.05, 4.69) is 6.92 Å². The van der Waals surface area contributed by atoms with Crippen molar-refractivity contribution >= 4 is 15.6 Å². The molecule has 1 rings (SSSR count). The molecular weight excluding hydrogens is 260 g/mol. The van der Waals surface area contributed by atoms with Crippen LogP contribution in [0.25, 0.3) is 0 Å². The van der Waals surface area contributed by atoms with Gasteiger partial charge in [-0.25, -0.2) is 8.42 Å². The van der Waals surface area contributed by atoms with Gasteiger partial charge in [-0.3, -0.25) is 4.79 Å². The van der Waals surface area contributed by atoms with E-state index < -0.39 is 20.8 Å². The number of benzene rings is 1. The maximum absolute atomic E-state index is 12.0. The van der Waals surface area contributed by atoms with Crippen LogP contribution in [0.5, 0.6) is 0 Å². The Morgan fingerprint density at radius 2 is 1.74 bits per heavy atom. The lowest BCUT2D eigenvalue weighted by Crippen LogP contribution is -2.25. The van der Waals surface area contributed by atoms with Crippen molar-refractivity contribution in [3.8, 4) is 0 Å². The van der Waals surface area contributed by atoms with Crippen LogP contribution in [0, 0.1) is 0 Å². The second-order valence-corrected chi connectivity index (χ2v) is 7.32. The molecule has 0 saturated carbocycles. The number of rotatable bonds is 7. The van der Waals surface area contributed by atoms with E-state index in [1.54, 1.807) is 19.1 Å². The Morgan fingerprint density at radius 1 is 1.16 bits per heavy atom. The average Bonchev–Trinajstić information content (AvgIpc) is 2.38. The van der Waals surface area contributed by atoms with Crippen LogP contribution in [0.1, 0.15) is 49.5 Å². The van der Waals surface area contributed by atoms with Crippen LogP contribution >= 0.6 is 0 Å². The molecular formula is C15H22O3S. The van der Waals surface area contributed by atoms with Crippen molar-refractivity contribution < 1.29 is 13.2 Å². The Hall–Kier alpha value is -1.16. The molecule has 1 unspecified atom stereocenters. The van der Waals surface area contributed by atoms with Crippen molar-refractivity contribution in [3.63, 3.8) is 0 Å². The highest BCUT2D eigenvalue weighted by Gasteiger charge is 2.23. The minimum absolute atomic E-state index is 0.316. The molecule has 106 valence electrons. The largest absolute Gasteiger partial charge is 0.293 e. The first-order chi connectivity index (χ1) is 8.90. The molecule has 0 aromatic heterocycles. The third kappa shape index (κ3) is 4.46. The molecule has 0 heterocycles. The smallest absolute Gasteiger partial charge is 0.177 e. The Labute approximate surface area is 116 Å². The summed E-state index contributed by atoms with van der Waals surface area (Å²) in [7, 11) is -3.33. The van der Waals surface area contributed by atoms with E-state index in [0.717, 1.165) is 12.8 Å². The number of hydrogen-bond acceptors (Lipinski definition) is 3. The van der Waals surface area contributed by atoms with Gasteiger partial charge < -0.3 is 0 Å². The lowest BCUT2D eigenvalue weighted by molar-refractivity contribution is 0.102. The molecule has 1 aromatic carbocycles. The highest BCUT2D eigenvalue weighted by atomic mass is 32.2. The number of ketones is 1. The number of carbonyl (C=O) groups is 1. The van der Waals surface area contributed by atoms with Crippen molar-refractivity contribution in [2.45, 2.75) is 45.3 Å². The van der Waals surface area contributed by atoms with Gasteiger partial charge in [-0.15, -0.1) is 0 Å². The Kier molecular flexibility index (Phi) is 5.73. The predicted molar refractivity (Wildman–Crippen MR) is 78.3 cm³/mol. The van der Waals surface area contributed by atoms with Crippen LogP contribution in [0.3, 0.4) is 0 Å². The maximum atomic E-state index is 12.0. The van der Waals surface area contributed by atoms with E-state index in [4.69, 9.17) is 0 Å². The monoisotopic (exact) mass is 282 g/mol. The fraction of sp³-hybridized carbons (Fsp3) is 0.533. The summed E-state index contributed by atoms with van der Waals surface area (Å²) < 4.78 is 23.8. The maximum Gasteiger partial charge on any atom is 0.177 e. The first-order valence-corrected chi connectivity index (χ1v) is 8.46. The molecule has 0 N–H and O–H groups in total. The van der Waals surface area contributed by atoms with Crippen molar-refractivity contribution in [2.75, 3.05) is 5.75 Å². The topological polar surface area (TPSA) is 51.2 Å². The zero-order valence-corrected chi connectivity index (χ0v) is 12.7. The van der Waals surface area contributed by atoms with E-state index >= 15 is 0 Å². The molecule has 1 aromatic rings. The molecule has 0 spiro atoms. The third-order valence-corrected chi connectivity index (χ3v) is 5.56. The second-order valence-electron chi connectivity index (χ2n) is 4.90. The highest BCUT2D eigenvalue weighted by molar-refractivity contribution is 7.92. The van der Waals surface area contributed by atoms with Crippen LogP contribution < -0.4 is 0 Å². The van der Waals surface area contributed by atoms with Gasteiger partial charge in [0.05, 0.1) is 5.25 Å². The van der Waals surface area contributed by atoms with E-state index in [9.17, 15) is 13.2 Å². The summed E-state index contributed by atoms with van der Waals surface area (Å²) in [5.74, 6) is -0.710. The van der Waals surface area contributed by atoms with Gasteiger partial charge in [-0.1, -0.05) is 44.5 Å². The molecule has 0 saturated heterocycles. The first-order valence-electron chi connectivity index (χ1n) is 6.74. The van der Waals surface area contributed by atoms with Crippen LogP contribution in [0.15, 0.2) is 24.3 Å². The fourth-order valence-corrected chi connectivity index (χ4v) is 3.13. The van der Waals surface area contributed by atoms with E-state index in [0.29, 0.717) is 12.0 Å². The van der Waals surface area contributed by atoms with Gasteiger partial charge in [0, 0.05) is 5.56 Å². The van der Waals surface area contributed by atoms with Crippen LogP contribution in [0.2, 0.25) is 0 Å². The first kappa shape index (κ1) is 15.9. The van der Waals surface area contributed by atoms with Gasteiger partial charge in [-0.05, 0) is 25.3 Å². The normalized spacial score (nSPS) is 13.2. The minimum atomic E-state index is -3.33. The lowest BCUT2D eigenvalue weighted by atomic mass is 10.1. The summed E-state index contributed by atoms with van der Waals surface area (Å²) in [4.78, 5) is 12.0. The number of sulfone groups is 1. The van der Waals surface area contributed by atoms with Gasteiger partial charge in [-0.2, -0.15) is 0 Å². The zero-order valence-electron chi connectivity index (χ0n) is 11.8. The van der Waals surface area contributed by atoms with Crippen LogP contribution in [-0.2, 0) is 16.3 Å². The average molecular weight is 282 g/mol. The number of carbonyl (C=O) groups excluding carboxylic acids is 1. The van der Waals surface area contributed by atoms with Crippen LogP contribution in [-0.4, -0.2) is 25.2 Å². The van der Waals surface area contributed by atoms with Crippen molar-refractivity contribution in [3.05, 3.63) is 35.4 Å². The molecule has 0 aliphatic heterocycles. The standard InChI is InChI=1S/C15H22O3S/c1-4-6-13-7-9-14(10-8-13)15(16)11-19(17,18)12(3)5-2/h7-10,12H,4-6,11H2,1-3H3. The van der Waals surface area contributed by atoms with Crippen molar-refractivity contribution in [1.82, 2.24) is 0 Å². The van der Waals surface area contributed by atoms with Gasteiger partial charge in [0.1, 0.15) is 5.75 Å². The van der Waals surface area contributed by atoms with Gasteiger partial charge in [0.25, 0.3) is 0 Å². The molecule has 3 nitrogen and oxygen atoms in total. The Morgan fingerprint density at radius 3 is 2.21 bits per heavy atom. The summed E-state index contributed by atoms with van der Waals surface area (Å²) >= 11 is 0. The molecule has 1 atom stereocenters. The van der Waals surface area contributed by atoms with Crippen LogP contribution in [0.4, 0.5) is 0 Å². The molecule has 19 heavy (non-hydrogen) atoms.